The smallest absolute Gasteiger partial charge is 0.185 e. The molecule has 2 N–H and O–H groups in total. The van der Waals surface area contributed by atoms with E-state index >= 15 is 0 Å². The normalized spacial score (nSPS) is 32.0. The number of fused-ring (bicyclic) bond motifs is 1. The minimum atomic E-state index is 0.150. The third-order valence-corrected chi connectivity index (χ3v) is 6.22. The van der Waals surface area contributed by atoms with Gasteiger partial charge in [-0.3, -0.25) is 0 Å². The van der Waals surface area contributed by atoms with Crippen LogP contribution in [0.3, 0.4) is 0 Å². The largest absolute Gasteiger partial charge is 0.379 e. The van der Waals surface area contributed by atoms with Gasteiger partial charge in [0.1, 0.15) is 0 Å². The molecular weight excluding hydrogens is 282 g/mol. The number of nitrogens with two attached hydrogens (primary N) is 1. The summed E-state index contributed by atoms with van der Waals surface area (Å²) in [6.45, 7) is 8.88. The van der Waals surface area contributed by atoms with Crippen molar-refractivity contribution < 1.29 is 4.74 Å². The first kappa shape index (κ1) is 15.3. The van der Waals surface area contributed by atoms with Crippen LogP contribution in [-0.2, 0) is 11.2 Å². The van der Waals surface area contributed by atoms with E-state index in [0.29, 0.717) is 12.0 Å². The van der Waals surface area contributed by atoms with Crippen LogP contribution in [0.5, 0.6) is 0 Å². The molecule has 0 aromatic carbocycles. The van der Waals surface area contributed by atoms with Crippen molar-refractivity contribution in [1.82, 2.24) is 4.98 Å². The van der Waals surface area contributed by atoms with Gasteiger partial charge in [0.05, 0.1) is 11.8 Å². The van der Waals surface area contributed by atoms with Gasteiger partial charge in [0.25, 0.3) is 0 Å². The molecule has 118 valence electrons. The van der Waals surface area contributed by atoms with Gasteiger partial charge in [0, 0.05) is 31.1 Å². The van der Waals surface area contributed by atoms with E-state index in [1.165, 1.54) is 17.0 Å². The highest BCUT2D eigenvalue weighted by Crippen LogP contribution is 2.44. The van der Waals surface area contributed by atoms with Crippen molar-refractivity contribution in [3.63, 3.8) is 0 Å². The zero-order chi connectivity index (χ0) is 15.2. The molecule has 1 aromatic rings. The summed E-state index contributed by atoms with van der Waals surface area (Å²) < 4.78 is 5.62. The predicted molar refractivity (Wildman–Crippen MR) is 87.9 cm³/mol. The zero-order valence-electron chi connectivity index (χ0n) is 13.6. The van der Waals surface area contributed by atoms with Crippen LogP contribution < -0.4 is 10.6 Å². The monoisotopic (exact) mass is 309 g/mol. The Hall–Kier alpha value is -0.650. The fraction of sp³-hybridized carbons (Fsp3) is 0.812. The van der Waals surface area contributed by atoms with E-state index in [0.717, 1.165) is 31.1 Å². The maximum absolute atomic E-state index is 6.37. The summed E-state index contributed by atoms with van der Waals surface area (Å²) in [5.74, 6) is 0.627. The maximum Gasteiger partial charge on any atom is 0.185 e. The van der Waals surface area contributed by atoms with Crippen LogP contribution in [0.25, 0.3) is 0 Å². The molecule has 5 heteroatoms. The van der Waals surface area contributed by atoms with Crippen molar-refractivity contribution in [3.05, 3.63) is 10.6 Å². The van der Waals surface area contributed by atoms with E-state index in [-0.39, 0.29) is 11.5 Å². The Bertz CT molecular complexity index is 514. The zero-order valence-corrected chi connectivity index (χ0v) is 14.4. The van der Waals surface area contributed by atoms with Crippen molar-refractivity contribution in [2.45, 2.75) is 52.2 Å². The van der Waals surface area contributed by atoms with E-state index in [9.17, 15) is 0 Å². The van der Waals surface area contributed by atoms with Gasteiger partial charge in [-0.2, -0.15) is 0 Å². The number of nitrogens with zero attached hydrogens (tertiary/aromatic N) is 2. The molecule has 21 heavy (non-hydrogen) atoms. The number of rotatable bonds is 2. The number of hydrogen-bond acceptors (Lipinski definition) is 5. The lowest BCUT2D eigenvalue weighted by Crippen LogP contribution is -2.43. The fourth-order valence-electron chi connectivity index (χ4n) is 3.63. The van der Waals surface area contributed by atoms with Gasteiger partial charge >= 0.3 is 0 Å². The molecule has 0 bridgehead atoms. The molecule has 4 nitrogen and oxygen atoms in total. The summed E-state index contributed by atoms with van der Waals surface area (Å²) in [5.41, 5.74) is 7.86. The molecule has 0 amide bonds. The fourth-order valence-corrected chi connectivity index (χ4v) is 4.75. The summed E-state index contributed by atoms with van der Waals surface area (Å²) in [6, 6.07) is 0.150. The highest BCUT2D eigenvalue weighted by atomic mass is 32.1. The minimum absolute atomic E-state index is 0.150. The highest BCUT2D eigenvalue weighted by molar-refractivity contribution is 7.15. The van der Waals surface area contributed by atoms with Gasteiger partial charge < -0.3 is 15.4 Å². The molecule has 1 aromatic heterocycles. The summed E-state index contributed by atoms with van der Waals surface area (Å²) in [6.07, 6.45) is 3.58. The predicted octanol–water partition coefficient (Wildman–Crippen LogP) is 2.98. The lowest BCUT2D eigenvalue weighted by molar-refractivity contribution is 0.0498. The quantitative estimate of drug-likeness (QED) is 0.912. The van der Waals surface area contributed by atoms with E-state index in [2.05, 4.69) is 25.7 Å². The molecule has 0 radical (unpaired) electrons. The van der Waals surface area contributed by atoms with Crippen molar-refractivity contribution in [1.29, 1.82) is 0 Å². The Labute approximate surface area is 131 Å². The first-order chi connectivity index (χ1) is 9.89. The third kappa shape index (κ3) is 2.96. The topological polar surface area (TPSA) is 51.4 Å². The van der Waals surface area contributed by atoms with Gasteiger partial charge in [-0.25, -0.2) is 4.98 Å². The summed E-state index contributed by atoms with van der Waals surface area (Å²) in [4.78, 5) is 8.61. The third-order valence-electron chi connectivity index (χ3n) is 4.93. The van der Waals surface area contributed by atoms with Crippen LogP contribution in [-0.4, -0.2) is 31.3 Å². The van der Waals surface area contributed by atoms with Gasteiger partial charge in [-0.1, -0.05) is 32.1 Å². The second-order valence-electron chi connectivity index (χ2n) is 7.45. The van der Waals surface area contributed by atoms with Crippen molar-refractivity contribution in [3.8, 4) is 0 Å². The number of anilines is 1. The summed E-state index contributed by atoms with van der Waals surface area (Å²) in [5, 5.41) is 1.14. The molecule has 1 aliphatic carbocycles. The van der Waals surface area contributed by atoms with Crippen LogP contribution in [0.15, 0.2) is 0 Å². The molecule has 1 aliphatic heterocycles. The van der Waals surface area contributed by atoms with E-state index in [4.69, 9.17) is 15.5 Å². The molecular formula is C16H27N3OS. The second kappa shape index (κ2) is 5.52. The Balaban J connectivity index is 1.82. The number of ether oxygens (including phenoxy) is 1. The van der Waals surface area contributed by atoms with E-state index in [1.54, 1.807) is 11.3 Å². The minimum Gasteiger partial charge on any atom is -0.379 e. The molecule has 1 saturated heterocycles. The first-order valence-electron chi connectivity index (χ1n) is 7.92. The molecule has 0 spiro atoms. The molecule has 3 unspecified atom stereocenters. The van der Waals surface area contributed by atoms with Gasteiger partial charge in [-0.15, -0.1) is 0 Å². The SMILES string of the molecule is COC1CN(c2nc3c(s2)C(N)CC(C)(C)C3)CCC1C. The van der Waals surface area contributed by atoms with Crippen molar-refractivity contribution in [2.24, 2.45) is 17.1 Å². The lowest BCUT2D eigenvalue weighted by Gasteiger charge is -2.36. The average molecular weight is 309 g/mol. The van der Waals surface area contributed by atoms with Crippen LogP contribution in [0.4, 0.5) is 5.13 Å². The summed E-state index contributed by atoms with van der Waals surface area (Å²) >= 11 is 1.80. The van der Waals surface area contributed by atoms with Crippen molar-refractivity contribution in [2.75, 3.05) is 25.1 Å². The number of hydrogen-bond donors (Lipinski definition) is 1. The molecule has 1 fully saturated rings. The Kier molecular flexibility index (Phi) is 4.01. The molecule has 2 heterocycles. The molecule has 3 atom stereocenters. The first-order valence-corrected chi connectivity index (χ1v) is 8.74. The Morgan fingerprint density at radius 2 is 2.19 bits per heavy atom. The van der Waals surface area contributed by atoms with Gasteiger partial charge in [-0.05, 0) is 30.6 Å². The molecule has 2 aliphatic rings. The van der Waals surface area contributed by atoms with Gasteiger partial charge in [0.2, 0.25) is 0 Å². The number of methoxy groups -OCH3 is 1. The molecule has 3 rings (SSSR count). The van der Waals surface area contributed by atoms with E-state index < -0.39 is 0 Å². The Morgan fingerprint density at radius 1 is 1.43 bits per heavy atom. The second-order valence-corrected chi connectivity index (χ2v) is 8.45. The van der Waals surface area contributed by atoms with Crippen LogP contribution >= 0.6 is 11.3 Å². The van der Waals surface area contributed by atoms with Crippen LogP contribution in [0, 0.1) is 11.3 Å². The van der Waals surface area contributed by atoms with E-state index in [1.807, 2.05) is 7.11 Å². The Morgan fingerprint density at radius 3 is 2.90 bits per heavy atom. The van der Waals surface area contributed by atoms with Crippen LogP contribution in [0.1, 0.15) is 50.2 Å². The standard InChI is InChI=1S/C16H27N3OS/c1-10-5-6-19(9-13(10)20-4)15-18-12-8-16(2,3)7-11(17)14(12)21-15/h10-11,13H,5-9,17H2,1-4H3. The number of thiazole rings is 1. The highest BCUT2D eigenvalue weighted by Gasteiger charge is 2.35. The number of aromatic nitrogens is 1. The number of piperidine rings is 1. The average Bonchev–Trinajstić information content (AvgIpc) is 2.82. The maximum atomic E-state index is 6.37. The van der Waals surface area contributed by atoms with Gasteiger partial charge in [0.15, 0.2) is 5.13 Å². The summed E-state index contributed by atoms with van der Waals surface area (Å²) in [7, 11) is 1.82. The lowest BCUT2D eigenvalue weighted by atomic mass is 9.77. The van der Waals surface area contributed by atoms with Crippen LogP contribution in [0.2, 0.25) is 0 Å². The van der Waals surface area contributed by atoms with Crippen molar-refractivity contribution >= 4 is 16.5 Å². The molecule has 0 saturated carbocycles.